The second kappa shape index (κ2) is 6.00. The van der Waals surface area contributed by atoms with Crippen molar-refractivity contribution in [2.45, 2.75) is 32.2 Å². The first-order chi connectivity index (χ1) is 9.83. The van der Waals surface area contributed by atoms with E-state index >= 15 is 0 Å². The van der Waals surface area contributed by atoms with Gasteiger partial charge in [-0.1, -0.05) is 42.5 Å². The number of para-hydroxylation sites is 1. The van der Waals surface area contributed by atoms with Gasteiger partial charge in [0, 0.05) is 12.5 Å². The number of ether oxygens (including phenoxy) is 1. The van der Waals surface area contributed by atoms with Gasteiger partial charge in [-0.2, -0.15) is 0 Å². The van der Waals surface area contributed by atoms with E-state index in [0.29, 0.717) is 6.04 Å². The Hall–Kier alpha value is -1.96. The lowest BCUT2D eigenvalue weighted by atomic mass is 9.98. The molecule has 3 rings (SSSR count). The molecule has 1 N–H and O–H groups in total. The van der Waals surface area contributed by atoms with Gasteiger partial charge in [-0.3, -0.25) is 0 Å². The number of hydrogen-bond acceptors (Lipinski definition) is 2. The highest BCUT2D eigenvalue weighted by molar-refractivity contribution is 5.63. The highest BCUT2D eigenvalue weighted by Gasteiger charge is 2.17. The van der Waals surface area contributed by atoms with E-state index in [2.05, 4.69) is 54.7 Å². The Morgan fingerprint density at radius 1 is 1.10 bits per heavy atom. The summed E-state index contributed by atoms with van der Waals surface area (Å²) in [6.07, 6.45) is 3.28. The van der Waals surface area contributed by atoms with Crippen molar-refractivity contribution in [3.05, 3.63) is 59.7 Å². The number of fused-ring (bicyclic) bond motifs is 1. The van der Waals surface area contributed by atoms with Crippen molar-refractivity contribution in [2.75, 3.05) is 11.9 Å². The number of nitrogens with one attached hydrogen (secondary N) is 1. The molecule has 0 amide bonds. The normalized spacial score (nSPS) is 17.1. The number of hydrogen-bond donors (Lipinski definition) is 1. The standard InChI is InChI=1S/C18H21NO/c1-14-10-11-16-8-5-9-17(18(16)19-14)20-13-12-15-6-3-2-4-7-15/h2-9,14,19H,10-13H2,1H3. The van der Waals surface area contributed by atoms with Gasteiger partial charge in [0.1, 0.15) is 5.75 Å². The Kier molecular flexibility index (Phi) is 3.91. The average molecular weight is 267 g/mol. The maximum atomic E-state index is 5.99. The lowest BCUT2D eigenvalue weighted by Gasteiger charge is -2.26. The molecule has 0 radical (unpaired) electrons. The van der Waals surface area contributed by atoms with Crippen molar-refractivity contribution >= 4 is 5.69 Å². The molecule has 0 aliphatic carbocycles. The van der Waals surface area contributed by atoms with Crippen molar-refractivity contribution < 1.29 is 4.74 Å². The average Bonchev–Trinajstić information content (AvgIpc) is 2.49. The molecule has 0 fully saturated rings. The summed E-state index contributed by atoms with van der Waals surface area (Å²) in [7, 11) is 0. The van der Waals surface area contributed by atoms with E-state index in [1.165, 1.54) is 23.2 Å². The van der Waals surface area contributed by atoms with E-state index in [-0.39, 0.29) is 0 Å². The van der Waals surface area contributed by atoms with Gasteiger partial charge in [-0.25, -0.2) is 0 Å². The molecule has 0 saturated carbocycles. The van der Waals surface area contributed by atoms with Crippen LogP contribution in [-0.2, 0) is 12.8 Å². The van der Waals surface area contributed by atoms with Crippen LogP contribution >= 0.6 is 0 Å². The van der Waals surface area contributed by atoms with Crippen molar-refractivity contribution in [1.29, 1.82) is 0 Å². The maximum absolute atomic E-state index is 5.99. The van der Waals surface area contributed by atoms with Crippen molar-refractivity contribution in [3.63, 3.8) is 0 Å². The predicted molar refractivity (Wildman–Crippen MR) is 83.5 cm³/mol. The summed E-state index contributed by atoms with van der Waals surface area (Å²) in [5.74, 6) is 0.991. The molecule has 2 aromatic rings. The van der Waals surface area contributed by atoms with E-state index in [4.69, 9.17) is 4.74 Å². The lowest BCUT2D eigenvalue weighted by Crippen LogP contribution is -2.22. The van der Waals surface area contributed by atoms with Crippen LogP contribution in [0.1, 0.15) is 24.5 Å². The van der Waals surface area contributed by atoms with Gasteiger partial charge >= 0.3 is 0 Å². The number of anilines is 1. The first kappa shape index (κ1) is 13.0. The summed E-state index contributed by atoms with van der Waals surface area (Å²) in [6, 6.07) is 17.4. The number of aryl methyl sites for hydroxylation is 1. The zero-order chi connectivity index (χ0) is 13.8. The number of rotatable bonds is 4. The summed E-state index contributed by atoms with van der Waals surface area (Å²) in [4.78, 5) is 0. The zero-order valence-electron chi connectivity index (χ0n) is 11.9. The minimum atomic E-state index is 0.529. The van der Waals surface area contributed by atoms with Gasteiger partial charge < -0.3 is 10.1 Å². The molecule has 2 nitrogen and oxygen atoms in total. The van der Waals surface area contributed by atoms with E-state index in [1.54, 1.807) is 0 Å². The third-order valence-corrected chi connectivity index (χ3v) is 3.84. The molecule has 0 bridgehead atoms. The highest BCUT2D eigenvalue weighted by atomic mass is 16.5. The fraction of sp³-hybridized carbons (Fsp3) is 0.333. The number of benzene rings is 2. The first-order valence-electron chi connectivity index (χ1n) is 7.38. The molecule has 1 aliphatic rings. The van der Waals surface area contributed by atoms with Crippen LogP contribution in [0.5, 0.6) is 5.75 Å². The maximum Gasteiger partial charge on any atom is 0.142 e. The largest absolute Gasteiger partial charge is 0.491 e. The molecule has 0 aromatic heterocycles. The Labute approximate surface area is 120 Å². The zero-order valence-corrected chi connectivity index (χ0v) is 11.9. The molecule has 2 aromatic carbocycles. The first-order valence-corrected chi connectivity index (χ1v) is 7.38. The molecule has 0 saturated heterocycles. The topological polar surface area (TPSA) is 21.3 Å². The van der Waals surface area contributed by atoms with Gasteiger partial charge in [-0.05, 0) is 37.0 Å². The van der Waals surface area contributed by atoms with Crippen LogP contribution in [0.15, 0.2) is 48.5 Å². The third-order valence-electron chi connectivity index (χ3n) is 3.84. The minimum absolute atomic E-state index is 0.529. The van der Waals surface area contributed by atoms with E-state index in [9.17, 15) is 0 Å². The fourth-order valence-corrected chi connectivity index (χ4v) is 2.68. The van der Waals surface area contributed by atoms with Crippen LogP contribution in [-0.4, -0.2) is 12.6 Å². The molecule has 1 aliphatic heterocycles. The predicted octanol–water partition coefficient (Wildman–Crippen LogP) is 4.05. The highest BCUT2D eigenvalue weighted by Crippen LogP contribution is 2.33. The van der Waals surface area contributed by atoms with Crippen LogP contribution in [0.2, 0.25) is 0 Å². The molecule has 20 heavy (non-hydrogen) atoms. The van der Waals surface area contributed by atoms with E-state index < -0.39 is 0 Å². The summed E-state index contributed by atoms with van der Waals surface area (Å²) < 4.78 is 5.99. The van der Waals surface area contributed by atoms with Gasteiger partial charge in [0.05, 0.1) is 12.3 Å². The molecule has 2 heteroatoms. The minimum Gasteiger partial charge on any atom is -0.491 e. The molecule has 104 valence electrons. The summed E-state index contributed by atoms with van der Waals surface area (Å²) >= 11 is 0. The third kappa shape index (κ3) is 2.96. The quantitative estimate of drug-likeness (QED) is 0.902. The van der Waals surface area contributed by atoms with E-state index in [1.807, 2.05) is 6.07 Å². The lowest BCUT2D eigenvalue weighted by molar-refractivity contribution is 0.322. The van der Waals surface area contributed by atoms with Crippen LogP contribution in [0.25, 0.3) is 0 Å². The van der Waals surface area contributed by atoms with Crippen LogP contribution in [0.4, 0.5) is 5.69 Å². The van der Waals surface area contributed by atoms with E-state index in [0.717, 1.165) is 25.2 Å². The molecular weight excluding hydrogens is 246 g/mol. The Morgan fingerprint density at radius 2 is 1.95 bits per heavy atom. The molecule has 0 spiro atoms. The monoisotopic (exact) mass is 267 g/mol. The molecular formula is C18H21NO. The van der Waals surface area contributed by atoms with Crippen molar-refractivity contribution in [1.82, 2.24) is 0 Å². The van der Waals surface area contributed by atoms with Gasteiger partial charge in [0.15, 0.2) is 0 Å². The van der Waals surface area contributed by atoms with Crippen LogP contribution < -0.4 is 10.1 Å². The van der Waals surface area contributed by atoms with Crippen LogP contribution in [0, 0.1) is 0 Å². The smallest absolute Gasteiger partial charge is 0.142 e. The second-order valence-corrected chi connectivity index (χ2v) is 5.46. The summed E-state index contributed by atoms with van der Waals surface area (Å²) in [5, 5.41) is 3.55. The fourth-order valence-electron chi connectivity index (χ4n) is 2.68. The van der Waals surface area contributed by atoms with Crippen LogP contribution in [0.3, 0.4) is 0 Å². The molecule has 1 atom stereocenters. The molecule has 1 heterocycles. The Balaban J connectivity index is 1.66. The second-order valence-electron chi connectivity index (χ2n) is 5.46. The molecule has 1 unspecified atom stereocenters. The Morgan fingerprint density at radius 3 is 2.80 bits per heavy atom. The Bertz CT molecular complexity index is 565. The summed E-state index contributed by atoms with van der Waals surface area (Å²) in [5.41, 5.74) is 3.89. The summed E-state index contributed by atoms with van der Waals surface area (Å²) in [6.45, 7) is 2.94. The SMILES string of the molecule is CC1CCc2cccc(OCCc3ccccc3)c2N1. The van der Waals surface area contributed by atoms with Crippen molar-refractivity contribution in [2.24, 2.45) is 0 Å². The van der Waals surface area contributed by atoms with Gasteiger partial charge in [-0.15, -0.1) is 0 Å². The van der Waals surface area contributed by atoms with Gasteiger partial charge in [0.2, 0.25) is 0 Å². The van der Waals surface area contributed by atoms with Crippen molar-refractivity contribution in [3.8, 4) is 5.75 Å². The van der Waals surface area contributed by atoms with Gasteiger partial charge in [0.25, 0.3) is 0 Å².